The van der Waals surface area contributed by atoms with Gasteiger partial charge in [0.15, 0.2) is 5.69 Å². The third kappa shape index (κ3) is 5.18. The summed E-state index contributed by atoms with van der Waals surface area (Å²) in [5, 5.41) is 18.7. The maximum atomic E-state index is 12.7. The summed E-state index contributed by atoms with van der Waals surface area (Å²) in [6.07, 6.45) is 4.26. The number of nitrogens with zero attached hydrogens (tertiary/aromatic N) is 4. The summed E-state index contributed by atoms with van der Waals surface area (Å²) in [4.78, 5) is 29.6. The molecule has 0 aromatic carbocycles. The summed E-state index contributed by atoms with van der Waals surface area (Å²) in [5.74, 6) is -0.897. The number of carbonyl (C=O) groups is 2. The number of aryl methyl sites for hydroxylation is 1. The van der Waals surface area contributed by atoms with Crippen molar-refractivity contribution in [2.24, 2.45) is 0 Å². The Kier molecular flexibility index (Phi) is 6.57. The van der Waals surface area contributed by atoms with Crippen molar-refractivity contribution in [3.8, 4) is 6.07 Å². The van der Waals surface area contributed by atoms with Crippen LogP contribution in [0.25, 0.3) is 0 Å². The first kappa shape index (κ1) is 20.5. The molecule has 1 aliphatic rings. The lowest BCUT2D eigenvalue weighted by Gasteiger charge is -2.22. The first-order valence-corrected chi connectivity index (χ1v) is 9.61. The molecule has 1 fully saturated rings. The summed E-state index contributed by atoms with van der Waals surface area (Å²) in [6, 6.07) is 6.82. The fourth-order valence-corrected chi connectivity index (χ4v) is 3.07. The third-order valence-electron chi connectivity index (χ3n) is 4.54. The van der Waals surface area contributed by atoms with Crippen LogP contribution in [0.4, 0.5) is 5.69 Å². The second kappa shape index (κ2) is 9.30. The van der Waals surface area contributed by atoms with Crippen LogP contribution >= 0.6 is 0 Å². The lowest BCUT2D eigenvalue weighted by Crippen LogP contribution is -2.33. The predicted octanol–water partition coefficient (Wildman–Crippen LogP) is 2.57. The quantitative estimate of drug-likeness (QED) is 0.774. The molecule has 3 heterocycles. The molecule has 0 aliphatic carbocycles. The number of amides is 2. The number of pyridine rings is 1. The van der Waals surface area contributed by atoms with Gasteiger partial charge in [0.25, 0.3) is 11.8 Å². The molecule has 2 amide bonds. The smallest absolute Gasteiger partial charge is 0.274 e. The van der Waals surface area contributed by atoms with Crippen LogP contribution in [0, 0.1) is 18.3 Å². The predicted molar refractivity (Wildman–Crippen MR) is 105 cm³/mol. The zero-order valence-corrected chi connectivity index (χ0v) is 16.5. The first-order valence-electron chi connectivity index (χ1n) is 9.61. The normalized spacial score (nSPS) is 17.2. The number of carbonyl (C=O) groups excluding carboxylic acids is 2. The molecular weight excluding hydrogens is 372 g/mol. The van der Waals surface area contributed by atoms with E-state index in [9.17, 15) is 9.59 Å². The molecule has 2 aromatic heterocycles. The molecule has 1 saturated heterocycles. The van der Waals surface area contributed by atoms with Gasteiger partial charge in [-0.15, -0.1) is 0 Å². The third-order valence-corrected chi connectivity index (χ3v) is 4.54. The highest BCUT2D eigenvalue weighted by atomic mass is 16.5. The number of hydrogen-bond donors (Lipinski definition) is 2. The zero-order chi connectivity index (χ0) is 20.8. The molecule has 1 unspecified atom stereocenters. The number of rotatable bonds is 6. The lowest BCUT2D eigenvalue weighted by atomic mass is 10.2. The summed E-state index contributed by atoms with van der Waals surface area (Å²) >= 11 is 0. The van der Waals surface area contributed by atoms with E-state index in [4.69, 9.17) is 10.00 Å². The SMILES string of the molecule is Cc1cccc(C(=O)Nc2cn(C3CCCCO3)nc2C(=O)N[C@@H](C)CC#N)n1. The van der Waals surface area contributed by atoms with Crippen LogP contribution < -0.4 is 10.6 Å². The highest BCUT2D eigenvalue weighted by molar-refractivity contribution is 6.07. The Morgan fingerprint density at radius 2 is 2.21 bits per heavy atom. The fraction of sp³-hybridized carbons (Fsp3) is 0.450. The van der Waals surface area contributed by atoms with Crippen molar-refractivity contribution >= 4 is 17.5 Å². The van der Waals surface area contributed by atoms with Crippen molar-refractivity contribution in [1.82, 2.24) is 20.1 Å². The van der Waals surface area contributed by atoms with Crippen molar-refractivity contribution in [3.63, 3.8) is 0 Å². The molecule has 3 rings (SSSR count). The van der Waals surface area contributed by atoms with Gasteiger partial charge in [-0.1, -0.05) is 6.07 Å². The molecule has 0 spiro atoms. The Hall–Kier alpha value is -3.25. The average molecular weight is 396 g/mol. The molecular formula is C20H24N6O3. The fourth-order valence-electron chi connectivity index (χ4n) is 3.07. The summed E-state index contributed by atoms with van der Waals surface area (Å²) < 4.78 is 7.31. The van der Waals surface area contributed by atoms with E-state index in [1.807, 2.05) is 6.07 Å². The number of hydrogen-bond acceptors (Lipinski definition) is 6. The Labute approximate surface area is 169 Å². The molecule has 9 heteroatoms. The monoisotopic (exact) mass is 396 g/mol. The number of ether oxygens (including phenoxy) is 1. The molecule has 29 heavy (non-hydrogen) atoms. The standard InChI is InChI=1S/C20H24N6O3/c1-13-6-5-7-15(22-13)19(27)24-16-12-26(17-8-3-4-11-29-17)25-18(16)20(28)23-14(2)9-10-21/h5-7,12,14,17H,3-4,8-9,11H2,1-2H3,(H,23,28)(H,24,27)/t14-,17?/m0/s1. The van der Waals surface area contributed by atoms with Crippen LogP contribution in [0.2, 0.25) is 0 Å². The van der Waals surface area contributed by atoms with Crippen LogP contribution in [0.1, 0.15) is 65.5 Å². The number of anilines is 1. The molecule has 0 saturated carbocycles. The van der Waals surface area contributed by atoms with Crippen LogP contribution in [0.5, 0.6) is 0 Å². The second-order valence-corrected chi connectivity index (χ2v) is 7.05. The topological polar surface area (TPSA) is 122 Å². The van der Waals surface area contributed by atoms with Gasteiger partial charge in [0, 0.05) is 18.3 Å². The zero-order valence-electron chi connectivity index (χ0n) is 16.5. The number of nitrogens with one attached hydrogen (secondary N) is 2. The summed E-state index contributed by atoms with van der Waals surface area (Å²) in [7, 11) is 0. The van der Waals surface area contributed by atoms with E-state index in [2.05, 4.69) is 20.7 Å². The highest BCUT2D eigenvalue weighted by Crippen LogP contribution is 2.25. The Balaban J connectivity index is 1.86. The van der Waals surface area contributed by atoms with Crippen LogP contribution in [0.3, 0.4) is 0 Å². The van der Waals surface area contributed by atoms with E-state index in [0.29, 0.717) is 12.3 Å². The van der Waals surface area contributed by atoms with E-state index >= 15 is 0 Å². The van der Waals surface area contributed by atoms with Gasteiger partial charge in [-0.2, -0.15) is 10.4 Å². The van der Waals surface area contributed by atoms with E-state index in [1.54, 1.807) is 42.9 Å². The van der Waals surface area contributed by atoms with Crippen LogP contribution in [0.15, 0.2) is 24.4 Å². The van der Waals surface area contributed by atoms with E-state index in [0.717, 1.165) is 19.3 Å². The van der Waals surface area contributed by atoms with Gasteiger partial charge >= 0.3 is 0 Å². The molecule has 9 nitrogen and oxygen atoms in total. The average Bonchev–Trinajstić information content (AvgIpc) is 3.13. The Bertz CT molecular complexity index is 927. The van der Waals surface area contributed by atoms with E-state index < -0.39 is 11.8 Å². The molecule has 0 bridgehead atoms. The molecule has 2 aromatic rings. The maximum absolute atomic E-state index is 12.7. The number of nitriles is 1. The number of aromatic nitrogens is 3. The van der Waals surface area contributed by atoms with Crippen molar-refractivity contribution in [2.75, 3.05) is 11.9 Å². The van der Waals surface area contributed by atoms with Crippen molar-refractivity contribution in [3.05, 3.63) is 41.5 Å². The summed E-state index contributed by atoms with van der Waals surface area (Å²) in [6.45, 7) is 4.15. The second-order valence-electron chi connectivity index (χ2n) is 7.05. The Morgan fingerprint density at radius 1 is 1.38 bits per heavy atom. The molecule has 1 aliphatic heterocycles. The highest BCUT2D eigenvalue weighted by Gasteiger charge is 2.25. The van der Waals surface area contributed by atoms with E-state index in [1.165, 1.54) is 0 Å². The molecule has 2 atom stereocenters. The minimum atomic E-state index is -0.463. The molecule has 152 valence electrons. The first-order chi connectivity index (χ1) is 14.0. The largest absolute Gasteiger partial charge is 0.357 e. The molecule has 0 radical (unpaired) electrons. The van der Waals surface area contributed by atoms with Gasteiger partial charge in [0.2, 0.25) is 0 Å². The minimum Gasteiger partial charge on any atom is -0.357 e. The van der Waals surface area contributed by atoms with Gasteiger partial charge in [0.1, 0.15) is 11.9 Å². The maximum Gasteiger partial charge on any atom is 0.274 e. The van der Waals surface area contributed by atoms with Gasteiger partial charge < -0.3 is 15.4 Å². The van der Waals surface area contributed by atoms with E-state index in [-0.39, 0.29) is 35.8 Å². The van der Waals surface area contributed by atoms with Crippen molar-refractivity contribution in [1.29, 1.82) is 5.26 Å². The van der Waals surface area contributed by atoms with Crippen LogP contribution in [-0.2, 0) is 4.74 Å². The van der Waals surface area contributed by atoms with Gasteiger partial charge in [-0.05, 0) is 45.2 Å². The lowest BCUT2D eigenvalue weighted by molar-refractivity contribution is -0.0395. The summed E-state index contributed by atoms with van der Waals surface area (Å²) in [5.41, 5.74) is 1.31. The molecule has 2 N–H and O–H groups in total. The van der Waals surface area contributed by atoms with Crippen molar-refractivity contribution < 1.29 is 14.3 Å². The van der Waals surface area contributed by atoms with Gasteiger partial charge in [0.05, 0.1) is 24.4 Å². The van der Waals surface area contributed by atoms with Crippen LogP contribution in [-0.4, -0.2) is 39.2 Å². The minimum absolute atomic E-state index is 0.0740. The van der Waals surface area contributed by atoms with Gasteiger partial charge in [-0.25, -0.2) is 9.67 Å². The Morgan fingerprint density at radius 3 is 2.90 bits per heavy atom. The van der Waals surface area contributed by atoms with Gasteiger partial charge in [-0.3, -0.25) is 9.59 Å². The van der Waals surface area contributed by atoms with Crippen molar-refractivity contribution in [2.45, 2.75) is 51.8 Å².